The third-order valence-electron chi connectivity index (χ3n) is 9.81. The number of carboxylic acids is 1. The van der Waals surface area contributed by atoms with Gasteiger partial charge in [-0.1, -0.05) is 36.4 Å². The number of nitrogens with zero attached hydrogens (tertiary/aromatic N) is 2. The van der Waals surface area contributed by atoms with Crippen LogP contribution in [0.4, 0.5) is 22.0 Å². The predicted octanol–water partition coefficient (Wildman–Crippen LogP) is 3.76. The van der Waals surface area contributed by atoms with Crippen LogP contribution in [0.5, 0.6) is 5.75 Å². The van der Waals surface area contributed by atoms with Crippen molar-refractivity contribution in [2.75, 3.05) is 26.2 Å². The first kappa shape index (κ1) is 37.9. The van der Waals surface area contributed by atoms with E-state index < -0.39 is 71.0 Å². The molecule has 2 fully saturated rings. The molecule has 0 radical (unpaired) electrons. The van der Waals surface area contributed by atoms with Crippen molar-refractivity contribution in [2.45, 2.75) is 68.9 Å². The largest absolute Gasteiger partial charge is 0.488 e. The molecule has 2 heterocycles. The summed E-state index contributed by atoms with van der Waals surface area (Å²) in [4.78, 5) is 41.8. The number of rotatable bonds is 14. The Bertz CT molecular complexity index is 1910. The molecule has 3 aliphatic rings. The second kappa shape index (κ2) is 16.0. The van der Waals surface area contributed by atoms with Crippen molar-refractivity contribution in [1.29, 1.82) is 0 Å². The van der Waals surface area contributed by atoms with Crippen molar-refractivity contribution in [2.24, 2.45) is 0 Å². The Morgan fingerprint density at radius 1 is 0.868 bits per heavy atom. The third-order valence-corrected chi connectivity index (χ3v) is 9.81. The van der Waals surface area contributed by atoms with E-state index in [0.717, 1.165) is 17.7 Å². The van der Waals surface area contributed by atoms with Gasteiger partial charge in [0.15, 0.2) is 41.2 Å². The van der Waals surface area contributed by atoms with Crippen molar-refractivity contribution < 1.29 is 56.4 Å². The van der Waals surface area contributed by atoms with E-state index in [1.807, 2.05) is 24.3 Å². The molecule has 0 unspecified atom stereocenters. The highest BCUT2D eigenvalue weighted by Crippen LogP contribution is 2.37. The third kappa shape index (κ3) is 8.37. The van der Waals surface area contributed by atoms with E-state index in [-0.39, 0.29) is 56.6 Å². The molecule has 6 rings (SSSR count). The molecule has 2 aliphatic heterocycles. The van der Waals surface area contributed by atoms with Gasteiger partial charge < -0.3 is 35.2 Å². The number of nitrogens with one attached hydrogen (secondary N) is 1. The minimum Gasteiger partial charge on any atom is -0.488 e. The molecule has 53 heavy (non-hydrogen) atoms. The maximum Gasteiger partial charge on any atom is 0.335 e. The number of carboxylic acid groups (broad SMARTS) is 1. The van der Waals surface area contributed by atoms with E-state index in [4.69, 9.17) is 9.84 Å². The number of hydrogen-bond donors (Lipinski definition) is 4. The number of benzene rings is 3. The highest BCUT2D eigenvalue weighted by atomic mass is 19.2. The molecular weight excluding hydrogens is 705 g/mol. The molecule has 3 aromatic carbocycles. The van der Waals surface area contributed by atoms with Crippen LogP contribution in [0.1, 0.15) is 42.4 Å². The summed E-state index contributed by atoms with van der Waals surface area (Å²) in [6.07, 6.45) is -2.03. The minimum atomic E-state index is -2.34. The van der Waals surface area contributed by atoms with Crippen molar-refractivity contribution in [1.82, 2.24) is 15.1 Å². The van der Waals surface area contributed by atoms with Crippen molar-refractivity contribution in [3.05, 3.63) is 106 Å². The van der Waals surface area contributed by atoms with Crippen molar-refractivity contribution in [3.63, 3.8) is 0 Å². The summed E-state index contributed by atoms with van der Waals surface area (Å²) in [5.74, 6) is -9.52. The molecule has 2 bridgehead atoms. The zero-order chi connectivity index (χ0) is 38.0. The number of aliphatic hydroxyl groups excluding tert-OH is 2. The van der Waals surface area contributed by atoms with Gasteiger partial charge in [-0.15, -0.1) is 0 Å². The molecule has 3 aromatic rings. The zero-order valence-electron chi connectivity index (χ0n) is 28.4. The number of carbonyl (C=O) groups is 3. The van der Waals surface area contributed by atoms with E-state index in [1.165, 1.54) is 17.0 Å². The molecule has 1 saturated carbocycles. The lowest BCUT2D eigenvalue weighted by Gasteiger charge is -2.45. The van der Waals surface area contributed by atoms with E-state index in [2.05, 4.69) is 5.32 Å². The SMILES string of the molecule is O=C(O)[C@H](O)[C@H](O)C(=O)N1C[C@H]2CC(c3ccc(CCCOc4c(F)ccc(F)c4F)cc3)=C(C(=O)N(CCc3cccc(F)c3F)C3CC3)[C@@H](C1)N2. The number of amides is 2. The minimum absolute atomic E-state index is 0.0515. The normalized spacial score (nSPS) is 19.5. The van der Waals surface area contributed by atoms with Crippen LogP contribution in [-0.2, 0) is 27.2 Å². The maximum atomic E-state index is 14.6. The fourth-order valence-corrected chi connectivity index (χ4v) is 6.94. The molecule has 4 N–H and O–H groups in total. The average molecular weight is 744 g/mol. The first-order valence-corrected chi connectivity index (χ1v) is 17.3. The molecule has 10 nitrogen and oxygen atoms in total. The van der Waals surface area contributed by atoms with Gasteiger partial charge in [0, 0.05) is 37.3 Å². The molecule has 1 aliphatic carbocycles. The van der Waals surface area contributed by atoms with E-state index in [1.54, 1.807) is 4.90 Å². The van der Waals surface area contributed by atoms with E-state index in [9.17, 15) is 46.5 Å². The van der Waals surface area contributed by atoms with Gasteiger partial charge in [0.25, 0.3) is 11.8 Å². The van der Waals surface area contributed by atoms with Gasteiger partial charge in [0.1, 0.15) is 0 Å². The maximum absolute atomic E-state index is 14.6. The summed E-state index contributed by atoms with van der Waals surface area (Å²) in [5.41, 5.74) is 2.70. The zero-order valence-corrected chi connectivity index (χ0v) is 28.4. The number of ether oxygens (including phenoxy) is 1. The van der Waals surface area contributed by atoms with Crippen LogP contribution in [0.25, 0.3) is 5.57 Å². The van der Waals surface area contributed by atoms with Crippen LogP contribution in [0.3, 0.4) is 0 Å². The quantitative estimate of drug-likeness (QED) is 0.111. The number of fused-ring (bicyclic) bond motifs is 2. The molecular formula is C38H38F5N3O7. The number of aliphatic hydroxyl groups is 2. The molecule has 0 aromatic heterocycles. The monoisotopic (exact) mass is 743 g/mol. The second-order valence-corrected chi connectivity index (χ2v) is 13.5. The van der Waals surface area contributed by atoms with Crippen LogP contribution < -0.4 is 10.1 Å². The highest BCUT2D eigenvalue weighted by molar-refractivity contribution is 6.03. The summed E-state index contributed by atoms with van der Waals surface area (Å²) in [5, 5.41) is 32.7. The molecule has 4 atom stereocenters. The van der Waals surface area contributed by atoms with Gasteiger partial charge in [-0.2, -0.15) is 4.39 Å². The Morgan fingerprint density at radius 3 is 2.26 bits per heavy atom. The number of piperazine rings is 1. The van der Waals surface area contributed by atoms with Gasteiger partial charge >= 0.3 is 5.97 Å². The topological polar surface area (TPSA) is 140 Å². The first-order chi connectivity index (χ1) is 25.3. The number of carbonyl (C=O) groups excluding carboxylic acids is 2. The van der Waals surface area contributed by atoms with Crippen LogP contribution in [0.15, 0.2) is 60.2 Å². The fraction of sp³-hybridized carbons (Fsp3) is 0.395. The summed E-state index contributed by atoms with van der Waals surface area (Å²) in [6.45, 7) is -0.0559. The Labute approximate surface area is 301 Å². The van der Waals surface area contributed by atoms with Crippen molar-refractivity contribution >= 4 is 23.4 Å². The second-order valence-electron chi connectivity index (χ2n) is 13.5. The van der Waals surface area contributed by atoms with Crippen LogP contribution >= 0.6 is 0 Å². The van der Waals surface area contributed by atoms with Gasteiger partial charge in [0.05, 0.1) is 12.6 Å². The lowest BCUT2D eigenvalue weighted by molar-refractivity contribution is -0.163. The Balaban J connectivity index is 1.24. The lowest BCUT2D eigenvalue weighted by atomic mass is 9.82. The smallest absolute Gasteiger partial charge is 0.335 e. The predicted molar refractivity (Wildman–Crippen MR) is 180 cm³/mol. The lowest BCUT2D eigenvalue weighted by Crippen LogP contribution is -2.64. The summed E-state index contributed by atoms with van der Waals surface area (Å²) in [6, 6.07) is 11.3. The van der Waals surface area contributed by atoms with E-state index >= 15 is 0 Å². The van der Waals surface area contributed by atoms with Gasteiger partial charge in [-0.3, -0.25) is 9.59 Å². The number of hydrogen-bond acceptors (Lipinski definition) is 7. The molecule has 1 saturated heterocycles. The van der Waals surface area contributed by atoms with Gasteiger partial charge in [-0.05, 0) is 79.0 Å². The van der Waals surface area contributed by atoms with Gasteiger partial charge in [-0.25, -0.2) is 22.4 Å². The van der Waals surface area contributed by atoms with Crippen LogP contribution in [0, 0.1) is 29.1 Å². The number of halogens is 5. The summed E-state index contributed by atoms with van der Waals surface area (Å²) in [7, 11) is 0. The summed E-state index contributed by atoms with van der Waals surface area (Å²) >= 11 is 0. The van der Waals surface area contributed by atoms with Crippen LogP contribution in [-0.4, -0.2) is 99.5 Å². The molecule has 282 valence electrons. The fourth-order valence-electron chi connectivity index (χ4n) is 6.94. The van der Waals surface area contributed by atoms with Crippen LogP contribution in [0.2, 0.25) is 0 Å². The Kier molecular flexibility index (Phi) is 11.5. The Morgan fingerprint density at radius 2 is 1.57 bits per heavy atom. The molecule has 0 spiro atoms. The molecule has 15 heteroatoms. The average Bonchev–Trinajstić information content (AvgIpc) is 3.99. The summed E-state index contributed by atoms with van der Waals surface area (Å²) < 4.78 is 75.1. The highest BCUT2D eigenvalue weighted by Gasteiger charge is 2.45. The van der Waals surface area contributed by atoms with Crippen molar-refractivity contribution in [3.8, 4) is 5.75 Å². The van der Waals surface area contributed by atoms with E-state index in [0.29, 0.717) is 48.5 Å². The first-order valence-electron chi connectivity index (χ1n) is 17.3. The molecule has 2 amide bonds. The standard InChI is InChI=1S/C38H38F5N3O7/c39-26-5-1-4-22(31(26)42)14-15-46(24-10-11-24)36(49)30-25(17-23-18-45(19-29(30)44-23)37(50)33(47)34(48)38(51)52)21-8-6-20(7-9-21)3-2-16-53-35-28(41)13-12-27(40)32(35)43/h1,4-9,12-13,23-24,29,33-34,44,47-48H,2-3,10-11,14-19H2,(H,51,52)/t23-,29-,33+,34-/m1/s1. The van der Waals surface area contributed by atoms with Gasteiger partial charge in [0.2, 0.25) is 5.82 Å². The number of aryl methyl sites for hydroxylation is 1. The number of aliphatic carboxylic acids is 1. The Hall–Kier alpha value is -4.86.